The Morgan fingerprint density at radius 2 is 1.73 bits per heavy atom. The van der Waals surface area contributed by atoms with Gasteiger partial charge in [-0.15, -0.1) is 0 Å². The lowest BCUT2D eigenvalue weighted by molar-refractivity contribution is 0.572. The molecule has 1 rings (SSSR count). The van der Waals surface area contributed by atoms with Gasteiger partial charge in [0, 0.05) is 0 Å². The molecule has 0 aromatic rings. The molecule has 0 N–H and O–H groups in total. The zero-order valence-corrected chi connectivity index (χ0v) is 10.5. The van der Waals surface area contributed by atoms with Crippen molar-refractivity contribution in [3.8, 4) is 0 Å². The average Bonchev–Trinajstić information content (AvgIpc) is 2.67. The second-order valence-electron chi connectivity index (χ2n) is 4.69. The molecule has 0 nitrogen and oxygen atoms in total. The van der Waals surface area contributed by atoms with Crippen LogP contribution in [0, 0.1) is 5.92 Å². The van der Waals surface area contributed by atoms with E-state index in [0.717, 1.165) is 5.92 Å². The number of hydrogen-bond acceptors (Lipinski definition) is 0. The zero-order valence-electron chi connectivity index (χ0n) is 10.5. The molecular formula is C15H26. The maximum atomic E-state index is 2.40. The summed E-state index contributed by atoms with van der Waals surface area (Å²) in [6.07, 6.45) is 18.0. The van der Waals surface area contributed by atoms with Gasteiger partial charge in [-0.05, 0) is 25.2 Å². The summed E-state index contributed by atoms with van der Waals surface area (Å²) in [5.74, 6) is 0.786. The van der Waals surface area contributed by atoms with E-state index in [4.69, 9.17) is 0 Å². The fourth-order valence-corrected chi connectivity index (χ4v) is 2.30. The lowest BCUT2D eigenvalue weighted by atomic mass is 9.92. The quantitative estimate of drug-likeness (QED) is 0.475. The summed E-state index contributed by atoms with van der Waals surface area (Å²) >= 11 is 0. The van der Waals surface area contributed by atoms with E-state index in [1.54, 1.807) is 5.57 Å². The lowest BCUT2D eigenvalue weighted by Crippen LogP contribution is -1.98. The standard InChI is InChI=1S/C15H26/c1-3-5-7-10-14-12-9-13-15(14)11-8-6-4-2/h9,12-14H,3-8,10-11H2,1-2H3. The van der Waals surface area contributed by atoms with Crippen molar-refractivity contribution in [2.45, 2.75) is 65.2 Å². The smallest absolute Gasteiger partial charge is 0.00170 e. The predicted molar refractivity (Wildman–Crippen MR) is 69.0 cm³/mol. The monoisotopic (exact) mass is 206 g/mol. The van der Waals surface area contributed by atoms with Gasteiger partial charge >= 0.3 is 0 Å². The van der Waals surface area contributed by atoms with Crippen LogP contribution in [0.5, 0.6) is 0 Å². The molecule has 0 bridgehead atoms. The van der Waals surface area contributed by atoms with Gasteiger partial charge in [-0.25, -0.2) is 0 Å². The zero-order chi connectivity index (χ0) is 10.9. The molecule has 0 aromatic heterocycles. The van der Waals surface area contributed by atoms with Crippen LogP contribution in [-0.2, 0) is 0 Å². The third kappa shape index (κ3) is 4.68. The normalized spacial score (nSPS) is 19.6. The van der Waals surface area contributed by atoms with Crippen LogP contribution in [0.4, 0.5) is 0 Å². The molecule has 0 radical (unpaired) electrons. The SMILES string of the molecule is CCCCCC1=CC=CC1CCCCC. The Morgan fingerprint density at radius 3 is 2.47 bits per heavy atom. The van der Waals surface area contributed by atoms with Crippen molar-refractivity contribution in [3.05, 3.63) is 23.8 Å². The summed E-state index contributed by atoms with van der Waals surface area (Å²) in [6, 6.07) is 0. The van der Waals surface area contributed by atoms with Gasteiger partial charge in [0.25, 0.3) is 0 Å². The third-order valence-electron chi connectivity index (χ3n) is 3.32. The first kappa shape index (κ1) is 12.5. The van der Waals surface area contributed by atoms with Crippen molar-refractivity contribution in [3.63, 3.8) is 0 Å². The number of unbranched alkanes of at least 4 members (excludes halogenated alkanes) is 4. The first-order valence-electron chi connectivity index (χ1n) is 6.75. The summed E-state index contributed by atoms with van der Waals surface area (Å²) in [5.41, 5.74) is 1.69. The highest BCUT2D eigenvalue weighted by molar-refractivity contribution is 5.27. The summed E-state index contributed by atoms with van der Waals surface area (Å²) in [7, 11) is 0. The average molecular weight is 206 g/mol. The minimum atomic E-state index is 0.786. The summed E-state index contributed by atoms with van der Waals surface area (Å²) in [4.78, 5) is 0. The summed E-state index contributed by atoms with van der Waals surface area (Å²) < 4.78 is 0. The van der Waals surface area contributed by atoms with E-state index in [-0.39, 0.29) is 0 Å². The Bertz CT molecular complexity index is 210. The topological polar surface area (TPSA) is 0 Å². The fourth-order valence-electron chi connectivity index (χ4n) is 2.30. The van der Waals surface area contributed by atoms with Crippen LogP contribution in [0.2, 0.25) is 0 Å². The molecule has 0 spiro atoms. The second kappa shape index (κ2) is 7.73. The molecule has 0 fully saturated rings. The Labute approximate surface area is 95.5 Å². The summed E-state index contributed by atoms with van der Waals surface area (Å²) in [5, 5.41) is 0. The fraction of sp³-hybridized carbons (Fsp3) is 0.733. The molecule has 0 saturated carbocycles. The summed E-state index contributed by atoms with van der Waals surface area (Å²) in [6.45, 7) is 4.56. The molecule has 1 unspecified atom stereocenters. The van der Waals surface area contributed by atoms with E-state index in [2.05, 4.69) is 32.1 Å². The molecule has 0 aromatic carbocycles. The molecule has 0 aliphatic heterocycles. The third-order valence-corrected chi connectivity index (χ3v) is 3.32. The van der Waals surface area contributed by atoms with Crippen LogP contribution in [-0.4, -0.2) is 0 Å². The first-order valence-corrected chi connectivity index (χ1v) is 6.75. The van der Waals surface area contributed by atoms with E-state index in [0.29, 0.717) is 0 Å². The van der Waals surface area contributed by atoms with Gasteiger partial charge < -0.3 is 0 Å². The van der Waals surface area contributed by atoms with Crippen LogP contribution >= 0.6 is 0 Å². The number of allylic oxidation sites excluding steroid dienone is 4. The van der Waals surface area contributed by atoms with Crippen molar-refractivity contribution in [2.24, 2.45) is 5.92 Å². The molecule has 1 aliphatic rings. The molecule has 0 heteroatoms. The van der Waals surface area contributed by atoms with E-state index >= 15 is 0 Å². The highest BCUT2D eigenvalue weighted by atomic mass is 14.2. The van der Waals surface area contributed by atoms with Crippen LogP contribution in [0.25, 0.3) is 0 Å². The minimum absolute atomic E-state index is 0.786. The van der Waals surface area contributed by atoms with Gasteiger partial charge in [-0.3, -0.25) is 0 Å². The van der Waals surface area contributed by atoms with Crippen molar-refractivity contribution in [1.82, 2.24) is 0 Å². The van der Waals surface area contributed by atoms with E-state index in [1.807, 2.05) is 0 Å². The second-order valence-corrected chi connectivity index (χ2v) is 4.69. The Morgan fingerprint density at radius 1 is 1.00 bits per heavy atom. The van der Waals surface area contributed by atoms with Gasteiger partial charge in [-0.1, -0.05) is 69.8 Å². The van der Waals surface area contributed by atoms with Gasteiger partial charge in [-0.2, -0.15) is 0 Å². The van der Waals surface area contributed by atoms with E-state index in [1.165, 1.54) is 51.4 Å². The molecular weight excluding hydrogens is 180 g/mol. The van der Waals surface area contributed by atoms with E-state index < -0.39 is 0 Å². The Kier molecular flexibility index (Phi) is 6.47. The van der Waals surface area contributed by atoms with E-state index in [9.17, 15) is 0 Å². The molecule has 1 atom stereocenters. The van der Waals surface area contributed by atoms with Crippen LogP contribution in [0.15, 0.2) is 23.8 Å². The van der Waals surface area contributed by atoms with Gasteiger partial charge in [0.2, 0.25) is 0 Å². The van der Waals surface area contributed by atoms with Crippen molar-refractivity contribution < 1.29 is 0 Å². The predicted octanol–water partition coefficient (Wildman–Crippen LogP) is 5.26. The largest absolute Gasteiger partial charge is 0.0773 e. The lowest BCUT2D eigenvalue weighted by Gasteiger charge is -2.13. The molecule has 15 heavy (non-hydrogen) atoms. The number of rotatable bonds is 8. The molecule has 0 amide bonds. The van der Waals surface area contributed by atoms with Crippen molar-refractivity contribution >= 4 is 0 Å². The molecule has 0 heterocycles. The number of hydrogen-bond donors (Lipinski definition) is 0. The van der Waals surface area contributed by atoms with Gasteiger partial charge in [0.05, 0.1) is 0 Å². The van der Waals surface area contributed by atoms with Crippen molar-refractivity contribution in [1.29, 1.82) is 0 Å². The molecule has 86 valence electrons. The molecule has 0 saturated heterocycles. The highest BCUT2D eigenvalue weighted by Gasteiger charge is 2.13. The van der Waals surface area contributed by atoms with Crippen LogP contribution in [0.1, 0.15) is 65.2 Å². The van der Waals surface area contributed by atoms with Crippen molar-refractivity contribution in [2.75, 3.05) is 0 Å². The van der Waals surface area contributed by atoms with Crippen LogP contribution in [0.3, 0.4) is 0 Å². The molecule has 1 aliphatic carbocycles. The maximum Gasteiger partial charge on any atom is -0.00170 e. The van der Waals surface area contributed by atoms with Gasteiger partial charge in [0.15, 0.2) is 0 Å². The first-order chi connectivity index (χ1) is 7.38. The van der Waals surface area contributed by atoms with Gasteiger partial charge in [0.1, 0.15) is 0 Å². The Balaban J connectivity index is 2.19. The maximum absolute atomic E-state index is 2.40. The Hall–Kier alpha value is -0.520. The minimum Gasteiger partial charge on any atom is -0.0773 e. The highest BCUT2D eigenvalue weighted by Crippen LogP contribution is 2.28. The van der Waals surface area contributed by atoms with Crippen LogP contribution < -0.4 is 0 Å².